The first kappa shape index (κ1) is 32.7. The van der Waals surface area contributed by atoms with Crippen LogP contribution in [0.4, 0.5) is 4.79 Å². The van der Waals surface area contributed by atoms with Gasteiger partial charge in [-0.05, 0) is 20.3 Å². The summed E-state index contributed by atoms with van der Waals surface area (Å²) in [5, 5.41) is 26.8. The van der Waals surface area contributed by atoms with Gasteiger partial charge in [0, 0.05) is 19.0 Å². The molecule has 0 spiro atoms. The van der Waals surface area contributed by atoms with E-state index in [1.54, 1.807) is 0 Å². The molecular formula is C20H27Cl3N6O9. The first-order chi connectivity index (χ1) is 17.5. The molecule has 1 aromatic heterocycles. The minimum Gasteiger partial charge on any atom is -0.481 e. The molecule has 0 aliphatic carbocycles. The highest BCUT2D eigenvalue weighted by molar-refractivity contribution is 6.67. The van der Waals surface area contributed by atoms with Crippen molar-refractivity contribution >= 4 is 70.6 Å². The largest absolute Gasteiger partial charge is 0.481 e. The van der Waals surface area contributed by atoms with Gasteiger partial charge in [0.1, 0.15) is 30.8 Å². The molecule has 2 atom stereocenters. The molecule has 0 aromatic carbocycles. The zero-order chi connectivity index (χ0) is 29.1. The van der Waals surface area contributed by atoms with Crippen molar-refractivity contribution in [3.63, 3.8) is 0 Å². The van der Waals surface area contributed by atoms with Gasteiger partial charge in [-0.25, -0.2) is 9.78 Å². The zero-order valence-corrected chi connectivity index (χ0v) is 22.4. The number of carbonyl (C=O) groups excluding carboxylic acids is 4. The smallest absolute Gasteiger partial charge is 0.407 e. The predicted octanol–water partition coefficient (Wildman–Crippen LogP) is -0.138. The summed E-state index contributed by atoms with van der Waals surface area (Å²) < 4.78 is 2.88. The van der Waals surface area contributed by atoms with Crippen molar-refractivity contribution in [3.05, 3.63) is 18.2 Å². The lowest BCUT2D eigenvalue weighted by molar-refractivity contribution is -0.140. The zero-order valence-electron chi connectivity index (χ0n) is 20.2. The molecule has 1 heterocycles. The molecule has 0 bridgehead atoms. The normalized spacial score (nSPS) is 13.0. The molecular weight excluding hydrogens is 575 g/mol. The molecule has 1 rings (SSSR count). The third-order valence-corrected chi connectivity index (χ3v) is 4.96. The maximum Gasteiger partial charge on any atom is 0.407 e. The van der Waals surface area contributed by atoms with E-state index in [0.29, 0.717) is 5.69 Å². The molecule has 0 unspecified atom stereocenters. The van der Waals surface area contributed by atoms with Crippen LogP contribution in [-0.2, 0) is 35.1 Å². The number of alkyl carbamates (subject to hydrolysis) is 1. The molecule has 0 aliphatic heterocycles. The van der Waals surface area contributed by atoms with Crippen molar-refractivity contribution in [1.29, 1.82) is 0 Å². The summed E-state index contributed by atoms with van der Waals surface area (Å²) in [6.07, 6.45) is 0.719. The van der Waals surface area contributed by atoms with Crippen LogP contribution in [0.1, 0.15) is 32.4 Å². The number of carboxylic acid groups (broad SMARTS) is 2. The van der Waals surface area contributed by atoms with Crippen LogP contribution in [0.15, 0.2) is 12.5 Å². The number of alkyl halides is 3. The fourth-order valence-corrected chi connectivity index (χ4v) is 2.93. The summed E-state index contributed by atoms with van der Waals surface area (Å²) in [7, 11) is 0. The summed E-state index contributed by atoms with van der Waals surface area (Å²) >= 11 is 16.6. The van der Waals surface area contributed by atoms with E-state index in [1.165, 1.54) is 26.4 Å². The van der Waals surface area contributed by atoms with Crippen LogP contribution < -0.4 is 21.3 Å². The Labute approximate surface area is 231 Å². The number of hydrogen-bond donors (Lipinski definition) is 7. The van der Waals surface area contributed by atoms with Gasteiger partial charge in [0.05, 0.1) is 12.0 Å². The highest BCUT2D eigenvalue weighted by Gasteiger charge is 2.36. The molecule has 0 saturated heterocycles. The van der Waals surface area contributed by atoms with Gasteiger partial charge in [-0.3, -0.25) is 24.0 Å². The maximum absolute atomic E-state index is 13.0. The first-order valence-electron chi connectivity index (χ1n) is 10.8. The summed E-state index contributed by atoms with van der Waals surface area (Å²) in [5.74, 6) is -5.28. The van der Waals surface area contributed by atoms with E-state index < -0.39 is 76.7 Å². The molecule has 212 valence electrons. The molecule has 0 aliphatic rings. The lowest BCUT2D eigenvalue weighted by Crippen LogP contribution is -2.62. The maximum atomic E-state index is 13.0. The third kappa shape index (κ3) is 12.8. The van der Waals surface area contributed by atoms with Gasteiger partial charge < -0.3 is 41.2 Å². The Hall–Kier alpha value is -3.30. The van der Waals surface area contributed by atoms with Crippen LogP contribution in [0.25, 0.3) is 0 Å². The molecule has 1 aromatic rings. The monoisotopic (exact) mass is 600 g/mol. The van der Waals surface area contributed by atoms with Gasteiger partial charge >= 0.3 is 18.0 Å². The van der Waals surface area contributed by atoms with Gasteiger partial charge in [-0.1, -0.05) is 34.8 Å². The summed E-state index contributed by atoms with van der Waals surface area (Å²) in [5.41, 5.74) is -1.32. The predicted molar refractivity (Wildman–Crippen MR) is 133 cm³/mol. The molecule has 38 heavy (non-hydrogen) atoms. The Kier molecular flexibility index (Phi) is 12.6. The van der Waals surface area contributed by atoms with E-state index in [2.05, 4.69) is 31.2 Å². The molecule has 0 fully saturated rings. The van der Waals surface area contributed by atoms with Gasteiger partial charge in [-0.2, -0.15) is 0 Å². The number of nitrogens with one attached hydrogen (secondary N) is 5. The quantitative estimate of drug-likeness (QED) is 0.140. The summed E-state index contributed by atoms with van der Waals surface area (Å²) in [6, 6.07) is -2.72. The fraction of sp³-hybridized carbons (Fsp3) is 0.550. The topological polar surface area (TPSA) is 229 Å². The van der Waals surface area contributed by atoms with E-state index in [-0.39, 0.29) is 12.8 Å². The van der Waals surface area contributed by atoms with Crippen LogP contribution >= 0.6 is 34.8 Å². The Morgan fingerprint density at radius 3 is 2.21 bits per heavy atom. The number of hydrogen-bond acceptors (Lipinski definition) is 8. The van der Waals surface area contributed by atoms with Crippen molar-refractivity contribution in [2.24, 2.45) is 0 Å². The Morgan fingerprint density at radius 2 is 1.68 bits per heavy atom. The second kappa shape index (κ2) is 14.6. The van der Waals surface area contributed by atoms with Gasteiger partial charge in [-0.15, -0.1) is 0 Å². The number of carboxylic acids is 2. The lowest BCUT2D eigenvalue weighted by Gasteiger charge is -2.29. The van der Waals surface area contributed by atoms with Crippen molar-refractivity contribution in [3.8, 4) is 0 Å². The number of aromatic nitrogens is 2. The standard InChI is InChI=1S/C20H27Cl3N6O9/c1-19(2,17(36)27-11(3-4-13(30)31)15(34)25-7-14(32)33)29-16(35)12(5-10-6-24-9-26-10)28-18(37)38-8-20(21,22)23/h6,9,11-12H,3-5,7-8H2,1-2H3,(H,24,26)(H,25,34)(H,27,36)(H,28,37)(H,29,35)(H,30,31)(H,32,33)/t11-,12-/m0/s1. The second-order valence-electron chi connectivity index (χ2n) is 8.34. The van der Waals surface area contributed by atoms with Gasteiger partial charge in [0.2, 0.25) is 21.5 Å². The highest BCUT2D eigenvalue weighted by atomic mass is 35.6. The van der Waals surface area contributed by atoms with Crippen molar-refractivity contribution in [1.82, 2.24) is 31.2 Å². The number of amides is 4. The molecule has 4 amide bonds. The van der Waals surface area contributed by atoms with E-state index in [1.807, 2.05) is 0 Å². The molecule has 0 saturated carbocycles. The minimum absolute atomic E-state index is 0.130. The van der Waals surface area contributed by atoms with Crippen LogP contribution in [0.5, 0.6) is 0 Å². The van der Waals surface area contributed by atoms with Crippen molar-refractivity contribution < 1.29 is 43.7 Å². The van der Waals surface area contributed by atoms with Crippen LogP contribution in [0.3, 0.4) is 0 Å². The number of imidazole rings is 1. The van der Waals surface area contributed by atoms with Crippen molar-refractivity contribution in [2.75, 3.05) is 13.2 Å². The van der Waals surface area contributed by atoms with E-state index in [9.17, 15) is 28.8 Å². The Morgan fingerprint density at radius 1 is 1.03 bits per heavy atom. The number of ether oxygens (including phenoxy) is 1. The number of carbonyl (C=O) groups is 6. The number of H-pyrrole nitrogens is 1. The van der Waals surface area contributed by atoms with E-state index >= 15 is 0 Å². The number of nitrogens with zero attached hydrogens (tertiary/aromatic N) is 1. The molecule has 15 nitrogen and oxygen atoms in total. The first-order valence-corrected chi connectivity index (χ1v) is 12.0. The minimum atomic E-state index is -1.90. The van der Waals surface area contributed by atoms with Crippen LogP contribution in [-0.4, -0.2) is 90.5 Å². The highest BCUT2D eigenvalue weighted by Crippen LogP contribution is 2.25. The number of halogens is 3. The average Bonchev–Trinajstić information content (AvgIpc) is 3.30. The Bertz CT molecular complexity index is 1010. The second-order valence-corrected chi connectivity index (χ2v) is 10.9. The number of rotatable bonds is 14. The number of aromatic amines is 1. The summed E-state index contributed by atoms with van der Waals surface area (Å²) in [6.45, 7) is 1.20. The van der Waals surface area contributed by atoms with Crippen molar-refractivity contribution in [2.45, 2.75) is 54.5 Å². The van der Waals surface area contributed by atoms with Crippen LogP contribution in [0, 0.1) is 0 Å². The van der Waals surface area contributed by atoms with Gasteiger partial charge in [0.25, 0.3) is 0 Å². The Balaban J connectivity index is 2.97. The molecule has 18 heteroatoms. The SMILES string of the molecule is CC(C)(NC(=O)[C@H](Cc1c[nH]cn1)NC(=O)OCC(Cl)(Cl)Cl)C(=O)N[C@@H](CCC(=O)O)C(=O)NCC(=O)O. The van der Waals surface area contributed by atoms with Crippen LogP contribution in [0.2, 0.25) is 0 Å². The van der Waals surface area contributed by atoms with Gasteiger partial charge in [0.15, 0.2) is 0 Å². The third-order valence-electron chi connectivity index (χ3n) is 4.63. The lowest BCUT2D eigenvalue weighted by atomic mass is 10.0. The molecule has 7 N–H and O–H groups in total. The average molecular weight is 602 g/mol. The number of aliphatic carboxylic acids is 2. The van der Waals surface area contributed by atoms with E-state index in [4.69, 9.17) is 49.8 Å². The molecule has 0 radical (unpaired) electrons. The fourth-order valence-electron chi connectivity index (χ4n) is 2.77. The summed E-state index contributed by atoms with van der Waals surface area (Å²) in [4.78, 5) is 78.8. The van der Waals surface area contributed by atoms with E-state index in [0.717, 1.165) is 0 Å².